The van der Waals surface area contributed by atoms with Crippen LogP contribution in [0.3, 0.4) is 0 Å². The van der Waals surface area contributed by atoms with E-state index in [2.05, 4.69) is 39.4 Å². The van der Waals surface area contributed by atoms with Gasteiger partial charge in [-0.1, -0.05) is 0 Å². The molecule has 0 amide bonds. The third-order valence-corrected chi connectivity index (χ3v) is 9.12. The van der Waals surface area contributed by atoms with Gasteiger partial charge in [0.25, 0.3) is 0 Å². The maximum atomic E-state index is 4.07. The van der Waals surface area contributed by atoms with Gasteiger partial charge in [0.05, 0.1) is 0 Å². The zero-order chi connectivity index (χ0) is 8.97. The van der Waals surface area contributed by atoms with Crippen LogP contribution in [-0.2, 0) is 17.0 Å². The number of nitrogens with zero attached hydrogens (tertiary/aromatic N) is 2. The molecular formula is C9H15N2Re. The molecule has 0 saturated heterocycles. The summed E-state index contributed by atoms with van der Waals surface area (Å²) in [5.74, 6) is 0. The van der Waals surface area contributed by atoms with E-state index < -0.39 is 17.0 Å². The van der Waals surface area contributed by atoms with Gasteiger partial charge >= 0.3 is 79.7 Å². The van der Waals surface area contributed by atoms with Crippen LogP contribution in [0.4, 0.5) is 0 Å². The Bertz CT molecular complexity index is 231. The van der Waals surface area contributed by atoms with Crippen LogP contribution in [0.1, 0.15) is 20.3 Å². The molecule has 68 valence electrons. The SMILES string of the molecule is C=[CH][Re]([CH](C)CC)[n]1ccnc1. The summed E-state index contributed by atoms with van der Waals surface area (Å²) >= 11 is -1.46. The Morgan fingerprint density at radius 3 is 2.92 bits per heavy atom. The second-order valence-corrected chi connectivity index (χ2v) is 10.1. The molecule has 0 saturated carbocycles. The molecule has 1 rings (SSSR count). The molecule has 0 fully saturated rings. The van der Waals surface area contributed by atoms with E-state index in [1.54, 1.807) is 0 Å². The normalized spacial score (nSPS) is 14.0. The first-order valence-corrected chi connectivity index (χ1v) is 8.42. The van der Waals surface area contributed by atoms with Crippen molar-refractivity contribution in [1.29, 1.82) is 0 Å². The molecule has 0 aliphatic rings. The van der Waals surface area contributed by atoms with Crippen LogP contribution in [0.5, 0.6) is 0 Å². The molecule has 0 aliphatic heterocycles. The van der Waals surface area contributed by atoms with Gasteiger partial charge in [0.15, 0.2) is 0 Å². The van der Waals surface area contributed by atoms with Gasteiger partial charge < -0.3 is 0 Å². The molecule has 1 aromatic heterocycles. The minimum atomic E-state index is -1.46. The van der Waals surface area contributed by atoms with Crippen molar-refractivity contribution in [2.24, 2.45) is 0 Å². The van der Waals surface area contributed by atoms with Crippen LogP contribution in [0.2, 0.25) is 4.39 Å². The Morgan fingerprint density at radius 1 is 1.75 bits per heavy atom. The number of hydrogen-bond donors (Lipinski definition) is 0. The minimum absolute atomic E-state index is 0.807. The zero-order valence-electron chi connectivity index (χ0n) is 7.57. The van der Waals surface area contributed by atoms with E-state index in [1.165, 1.54) is 6.42 Å². The van der Waals surface area contributed by atoms with Crippen LogP contribution in [-0.4, -0.2) is 8.18 Å². The van der Waals surface area contributed by atoms with Crippen LogP contribution in [0.25, 0.3) is 0 Å². The monoisotopic (exact) mass is 338 g/mol. The van der Waals surface area contributed by atoms with Gasteiger partial charge in [0.1, 0.15) is 0 Å². The van der Waals surface area contributed by atoms with Crippen LogP contribution in [0.15, 0.2) is 29.8 Å². The third-order valence-electron chi connectivity index (χ3n) is 1.80. The van der Waals surface area contributed by atoms with Crippen LogP contribution in [0, 0.1) is 0 Å². The molecule has 2 nitrogen and oxygen atoms in total. The molecule has 0 bridgehead atoms. The molecule has 1 unspecified atom stereocenters. The van der Waals surface area contributed by atoms with E-state index in [0.29, 0.717) is 0 Å². The van der Waals surface area contributed by atoms with Gasteiger partial charge in [-0.2, -0.15) is 0 Å². The summed E-state index contributed by atoms with van der Waals surface area (Å²) < 4.78 is 5.26. The first-order valence-electron chi connectivity index (χ1n) is 4.07. The molecule has 0 radical (unpaired) electrons. The first-order chi connectivity index (χ1) is 5.79. The fourth-order valence-electron chi connectivity index (χ4n) is 0.941. The topological polar surface area (TPSA) is 17.8 Å². The zero-order valence-corrected chi connectivity index (χ0v) is 10.3. The van der Waals surface area contributed by atoms with Crippen molar-refractivity contribution in [2.45, 2.75) is 24.7 Å². The average molecular weight is 337 g/mol. The summed E-state index contributed by atoms with van der Waals surface area (Å²) in [6.07, 6.45) is 7.09. The second kappa shape index (κ2) is 4.59. The van der Waals surface area contributed by atoms with E-state index in [-0.39, 0.29) is 0 Å². The summed E-state index contributed by atoms with van der Waals surface area (Å²) in [5.41, 5.74) is 0. The van der Waals surface area contributed by atoms with Gasteiger partial charge in [-0.05, 0) is 0 Å². The summed E-state index contributed by atoms with van der Waals surface area (Å²) in [6.45, 7) is 8.47. The molecule has 3 heteroatoms. The first kappa shape index (κ1) is 9.70. The van der Waals surface area contributed by atoms with Gasteiger partial charge in [-0.25, -0.2) is 0 Å². The number of rotatable bonds is 4. The number of imidazole rings is 1. The Labute approximate surface area is 79.9 Å². The Kier molecular flexibility index (Phi) is 3.71. The summed E-state index contributed by atoms with van der Waals surface area (Å²) in [6, 6.07) is 0. The Hall–Kier alpha value is -0.388. The fraction of sp³-hybridized carbons (Fsp3) is 0.444. The second-order valence-electron chi connectivity index (χ2n) is 2.57. The van der Waals surface area contributed by atoms with Crippen molar-refractivity contribution in [2.75, 3.05) is 0 Å². The summed E-state index contributed by atoms with van der Waals surface area (Å²) in [5, 5.41) is 0. The standard InChI is InChI=1S/C4H9.C3H3N2.C2H3.Re/c1-3-4-2;1-2-5-3-4-1;1-2;/h3H,4H2,1-2H3;1-3H;1H,2H2;/q;-1;;+1. The Balaban J connectivity index is 2.76. The van der Waals surface area contributed by atoms with Crippen molar-refractivity contribution in [3.63, 3.8) is 0 Å². The van der Waals surface area contributed by atoms with E-state index in [1.807, 2.05) is 12.5 Å². The van der Waals surface area contributed by atoms with Gasteiger partial charge in [0.2, 0.25) is 0 Å². The van der Waals surface area contributed by atoms with E-state index in [0.717, 1.165) is 4.39 Å². The van der Waals surface area contributed by atoms with Crippen LogP contribution < -0.4 is 0 Å². The average Bonchev–Trinajstić information content (AvgIpc) is 2.58. The van der Waals surface area contributed by atoms with Crippen molar-refractivity contribution in [3.8, 4) is 0 Å². The molecule has 0 aromatic carbocycles. The Morgan fingerprint density at radius 2 is 2.50 bits per heavy atom. The molecule has 12 heavy (non-hydrogen) atoms. The van der Waals surface area contributed by atoms with Crippen LogP contribution >= 0.6 is 0 Å². The quantitative estimate of drug-likeness (QED) is 0.826. The molecule has 0 N–H and O–H groups in total. The van der Waals surface area contributed by atoms with Crippen molar-refractivity contribution in [1.82, 2.24) is 8.18 Å². The molecular weight excluding hydrogens is 322 g/mol. The molecule has 0 aliphatic carbocycles. The maximum absolute atomic E-state index is 4.07. The van der Waals surface area contributed by atoms with E-state index >= 15 is 0 Å². The fourth-order valence-corrected chi connectivity index (χ4v) is 6.32. The third kappa shape index (κ3) is 2.06. The summed E-state index contributed by atoms with van der Waals surface area (Å²) in [7, 11) is 0. The molecule has 1 aromatic rings. The predicted molar refractivity (Wildman–Crippen MR) is 47.5 cm³/mol. The van der Waals surface area contributed by atoms with E-state index in [9.17, 15) is 0 Å². The van der Waals surface area contributed by atoms with Gasteiger partial charge in [-0.3, -0.25) is 0 Å². The number of hydrogen-bond acceptors (Lipinski definition) is 1. The van der Waals surface area contributed by atoms with E-state index in [4.69, 9.17) is 0 Å². The number of aromatic nitrogens is 2. The predicted octanol–water partition coefficient (Wildman–Crippen LogP) is 2.63. The molecule has 0 spiro atoms. The van der Waals surface area contributed by atoms with Gasteiger partial charge in [-0.15, -0.1) is 0 Å². The van der Waals surface area contributed by atoms with Crippen molar-refractivity contribution < 1.29 is 17.0 Å². The summed E-state index contributed by atoms with van der Waals surface area (Å²) in [4.78, 5) is 4.07. The van der Waals surface area contributed by atoms with Crippen molar-refractivity contribution in [3.05, 3.63) is 29.8 Å². The van der Waals surface area contributed by atoms with Gasteiger partial charge in [0, 0.05) is 0 Å². The molecule has 1 heterocycles. The molecule has 1 atom stereocenters. The van der Waals surface area contributed by atoms with Crippen molar-refractivity contribution >= 4 is 0 Å².